The molecule has 9 heteroatoms. The van der Waals surface area contributed by atoms with Crippen LogP contribution in [-0.4, -0.2) is 51.7 Å². The minimum Gasteiger partial charge on any atom is -0.384 e. The highest BCUT2D eigenvalue weighted by molar-refractivity contribution is 5.88. The summed E-state index contributed by atoms with van der Waals surface area (Å²) in [5.41, 5.74) is 10.8. The van der Waals surface area contributed by atoms with Gasteiger partial charge in [-0.05, 0) is 81.5 Å². The van der Waals surface area contributed by atoms with Gasteiger partial charge in [0.05, 0.1) is 12.1 Å². The molecule has 0 radical (unpaired) electrons. The van der Waals surface area contributed by atoms with Crippen molar-refractivity contribution in [2.45, 2.75) is 64.2 Å². The first-order valence-corrected chi connectivity index (χ1v) is 11.7. The van der Waals surface area contributed by atoms with Crippen LogP contribution in [0.25, 0.3) is 22.0 Å². The number of nitrogen functional groups attached to an aromatic ring is 1. The van der Waals surface area contributed by atoms with E-state index in [9.17, 15) is 13.2 Å². The van der Waals surface area contributed by atoms with Crippen LogP contribution in [0, 0.1) is 6.92 Å². The molecule has 1 saturated carbocycles. The second-order valence-corrected chi connectivity index (χ2v) is 9.17. The molecule has 3 aromatic rings. The van der Waals surface area contributed by atoms with Crippen molar-refractivity contribution in [1.82, 2.24) is 19.9 Å². The third-order valence-electron chi connectivity index (χ3n) is 6.64. The minimum atomic E-state index is -4.16. The first kappa shape index (κ1) is 24.2. The van der Waals surface area contributed by atoms with Crippen molar-refractivity contribution < 1.29 is 13.2 Å². The molecule has 0 bridgehead atoms. The third-order valence-corrected chi connectivity index (χ3v) is 6.64. The molecule has 0 atom stereocenters. The standard InChI is InChI=1S/C25H31F3N6/c1-4-16-11-17(21-9-10-22(29)31-15(21)2)12-18-13-30-24(33-23(16)18)32-19-5-7-20(8-6-19)34(3)14-25(26,27)28/h9-13,19-20H,4-8,14H2,1-3H3,(H2,29,31)(H,30,32,33). The molecule has 1 fully saturated rings. The Kier molecular flexibility index (Phi) is 6.93. The molecule has 0 spiro atoms. The van der Waals surface area contributed by atoms with Gasteiger partial charge >= 0.3 is 6.18 Å². The van der Waals surface area contributed by atoms with Gasteiger partial charge in [-0.25, -0.2) is 15.0 Å². The maximum Gasteiger partial charge on any atom is 0.401 e. The molecule has 182 valence electrons. The van der Waals surface area contributed by atoms with Gasteiger partial charge in [0, 0.05) is 34.9 Å². The summed E-state index contributed by atoms with van der Waals surface area (Å²) in [4.78, 5) is 15.1. The van der Waals surface area contributed by atoms with Gasteiger partial charge in [-0.2, -0.15) is 13.2 Å². The zero-order valence-corrected chi connectivity index (χ0v) is 19.8. The summed E-state index contributed by atoms with van der Waals surface area (Å²) in [5.74, 6) is 1.06. The Balaban J connectivity index is 1.49. The van der Waals surface area contributed by atoms with Crippen molar-refractivity contribution in [2.24, 2.45) is 0 Å². The van der Waals surface area contributed by atoms with Crippen LogP contribution in [0.2, 0.25) is 0 Å². The molecular weight excluding hydrogens is 441 g/mol. The van der Waals surface area contributed by atoms with E-state index < -0.39 is 12.7 Å². The molecule has 4 rings (SSSR count). The maximum absolute atomic E-state index is 12.7. The monoisotopic (exact) mass is 472 g/mol. The van der Waals surface area contributed by atoms with Crippen molar-refractivity contribution in [3.63, 3.8) is 0 Å². The Bertz CT molecular complexity index is 1160. The number of hydrogen-bond acceptors (Lipinski definition) is 6. The van der Waals surface area contributed by atoms with E-state index in [4.69, 9.17) is 10.7 Å². The highest BCUT2D eigenvalue weighted by Crippen LogP contribution is 2.31. The largest absolute Gasteiger partial charge is 0.401 e. The van der Waals surface area contributed by atoms with Gasteiger partial charge < -0.3 is 11.1 Å². The number of nitrogens with two attached hydrogens (primary N) is 1. The molecule has 2 heterocycles. The lowest BCUT2D eigenvalue weighted by Gasteiger charge is -2.35. The van der Waals surface area contributed by atoms with Crippen molar-refractivity contribution in [3.05, 3.63) is 41.7 Å². The quantitative estimate of drug-likeness (QED) is 0.503. The van der Waals surface area contributed by atoms with Crippen LogP contribution in [0.4, 0.5) is 24.9 Å². The smallest absolute Gasteiger partial charge is 0.384 e. The van der Waals surface area contributed by atoms with E-state index in [-0.39, 0.29) is 12.1 Å². The zero-order chi connectivity index (χ0) is 24.5. The van der Waals surface area contributed by atoms with Crippen LogP contribution in [0.1, 0.15) is 43.9 Å². The van der Waals surface area contributed by atoms with Gasteiger partial charge in [0.1, 0.15) is 5.82 Å². The summed E-state index contributed by atoms with van der Waals surface area (Å²) in [6.07, 6.45) is 1.50. The lowest BCUT2D eigenvalue weighted by molar-refractivity contribution is -0.148. The highest BCUT2D eigenvalue weighted by Gasteiger charge is 2.33. The lowest BCUT2D eigenvalue weighted by atomic mass is 9.90. The van der Waals surface area contributed by atoms with E-state index in [2.05, 4.69) is 34.3 Å². The second-order valence-electron chi connectivity index (χ2n) is 9.17. The number of rotatable bonds is 6. The van der Waals surface area contributed by atoms with E-state index in [0.717, 1.165) is 65.4 Å². The van der Waals surface area contributed by atoms with E-state index in [1.165, 1.54) is 4.90 Å². The van der Waals surface area contributed by atoms with Gasteiger partial charge in [0.25, 0.3) is 0 Å². The Hall–Kier alpha value is -2.94. The van der Waals surface area contributed by atoms with Crippen molar-refractivity contribution in [1.29, 1.82) is 0 Å². The van der Waals surface area contributed by atoms with Gasteiger partial charge in [0.2, 0.25) is 5.95 Å². The average Bonchev–Trinajstić information content (AvgIpc) is 2.78. The third kappa shape index (κ3) is 5.58. The van der Waals surface area contributed by atoms with Gasteiger partial charge in [-0.3, -0.25) is 4.90 Å². The molecule has 0 amide bonds. The van der Waals surface area contributed by atoms with Crippen LogP contribution in [0.5, 0.6) is 0 Å². The predicted molar refractivity (Wildman–Crippen MR) is 130 cm³/mol. The van der Waals surface area contributed by atoms with Gasteiger partial charge in [0.15, 0.2) is 0 Å². The minimum absolute atomic E-state index is 0.0476. The number of anilines is 2. The molecule has 3 N–H and O–H groups in total. The Labute approximate surface area is 197 Å². The lowest BCUT2D eigenvalue weighted by Crippen LogP contribution is -2.42. The van der Waals surface area contributed by atoms with Crippen LogP contribution in [0.15, 0.2) is 30.5 Å². The summed E-state index contributed by atoms with van der Waals surface area (Å²) in [6.45, 7) is 3.18. The Morgan fingerprint density at radius 1 is 1.12 bits per heavy atom. The van der Waals surface area contributed by atoms with E-state index in [0.29, 0.717) is 11.8 Å². The molecule has 1 aromatic carbocycles. The molecule has 1 aliphatic carbocycles. The number of alkyl halides is 3. The fourth-order valence-corrected chi connectivity index (χ4v) is 4.85. The van der Waals surface area contributed by atoms with Crippen LogP contribution < -0.4 is 11.1 Å². The number of hydrogen-bond donors (Lipinski definition) is 2. The molecular formula is C25H31F3N6. The number of benzene rings is 1. The van der Waals surface area contributed by atoms with Crippen molar-refractivity contribution in [3.8, 4) is 11.1 Å². The molecule has 6 nitrogen and oxygen atoms in total. The summed E-state index contributed by atoms with van der Waals surface area (Å²) >= 11 is 0. The first-order valence-electron chi connectivity index (χ1n) is 11.7. The van der Waals surface area contributed by atoms with Crippen LogP contribution >= 0.6 is 0 Å². The number of aromatic nitrogens is 3. The molecule has 2 aromatic heterocycles. The average molecular weight is 473 g/mol. The van der Waals surface area contributed by atoms with Crippen LogP contribution in [0.3, 0.4) is 0 Å². The number of nitrogens with one attached hydrogen (secondary N) is 1. The fourth-order valence-electron chi connectivity index (χ4n) is 4.85. The molecule has 1 aliphatic rings. The number of aryl methyl sites for hydroxylation is 2. The first-order chi connectivity index (χ1) is 16.1. The second kappa shape index (κ2) is 9.74. The molecule has 0 unspecified atom stereocenters. The van der Waals surface area contributed by atoms with Crippen molar-refractivity contribution in [2.75, 3.05) is 24.6 Å². The SMILES string of the molecule is CCc1cc(-c2ccc(N)nc2C)cc2cnc(NC3CCC(N(C)CC(F)(F)F)CC3)nc12. The van der Waals surface area contributed by atoms with Gasteiger partial charge in [-0.1, -0.05) is 6.92 Å². The fraction of sp³-hybridized carbons (Fsp3) is 0.480. The van der Waals surface area contributed by atoms with E-state index in [1.807, 2.05) is 19.2 Å². The van der Waals surface area contributed by atoms with E-state index in [1.54, 1.807) is 13.1 Å². The summed E-state index contributed by atoms with van der Waals surface area (Å²) < 4.78 is 38.1. The number of fused-ring (bicyclic) bond motifs is 1. The van der Waals surface area contributed by atoms with Crippen LogP contribution in [-0.2, 0) is 6.42 Å². The number of nitrogens with zero attached hydrogens (tertiary/aromatic N) is 4. The van der Waals surface area contributed by atoms with E-state index >= 15 is 0 Å². The number of pyridine rings is 1. The molecule has 0 aliphatic heterocycles. The Morgan fingerprint density at radius 2 is 1.85 bits per heavy atom. The summed E-state index contributed by atoms with van der Waals surface area (Å²) in [6, 6.07) is 8.10. The topological polar surface area (TPSA) is 80.0 Å². The van der Waals surface area contributed by atoms with Crippen molar-refractivity contribution >= 4 is 22.7 Å². The molecule has 0 saturated heterocycles. The Morgan fingerprint density at radius 3 is 2.50 bits per heavy atom. The maximum atomic E-state index is 12.7. The normalized spacial score (nSPS) is 19.0. The molecule has 34 heavy (non-hydrogen) atoms. The predicted octanol–water partition coefficient (Wildman–Crippen LogP) is 5.36. The highest BCUT2D eigenvalue weighted by atomic mass is 19.4. The number of halogens is 3. The zero-order valence-electron chi connectivity index (χ0n) is 19.8. The summed E-state index contributed by atoms with van der Waals surface area (Å²) in [5, 5.41) is 4.36. The summed E-state index contributed by atoms with van der Waals surface area (Å²) in [7, 11) is 1.56. The van der Waals surface area contributed by atoms with Gasteiger partial charge in [-0.15, -0.1) is 0 Å².